The molecule has 0 aromatic carbocycles. The third-order valence-corrected chi connectivity index (χ3v) is 4.42. The monoisotopic (exact) mass is 299 g/mol. The lowest BCUT2D eigenvalue weighted by molar-refractivity contribution is -0.145. The number of hydrogen-bond acceptors (Lipinski definition) is 5. The number of carboxylic acids is 1. The zero-order valence-electron chi connectivity index (χ0n) is 12.4. The van der Waals surface area contributed by atoms with Crippen LogP contribution in [0.1, 0.15) is 32.6 Å². The Labute approximate surface area is 124 Å². The molecule has 2 aliphatic heterocycles. The molecule has 120 valence electrons. The van der Waals surface area contributed by atoms with Gasteiger partial charge in [-0.2, -0.15) is 0 Å². The van der Waals surface area contributed by atoms with Crippen LogP contribution >= 0.6 is 0 Å². The second-order valence-electron chi connectivity index (χ2n) is 5.94. The van der Waals surface area contributed by atoms with Gasteiger partial charge in [-0.1, -0.05) is 0 Å². The van der Waals surface area contributed by atoms with Crippen LogP contribution in [0.25, 0.3) is 0 Å². The molecule has 1 amide bonds. The lowest BCUT2D eigenvalue weighted by Crippen LogP contribution is -2.55. The number of aliphatic hydroxyl groups is 1. The fraction of sp³-hybridized carbons (Fsp3) is 0.857. The number of carbonyl (C=O) groups is 2. The van der Waals surface area contributed by atoms with Crippen molar-refractivity contribution in [1.82, 2.24) is 15.5 Å². The van der Waals surface area contributed by atoms with E-state index in [0.717, 1.165) is 45.3 Å². The van der Waals surface area contributed by atoms with Gasteiger partial charge in [0.2, 0.25) is 5.91 Å². The normalized spacial score (nSPS) is 27.2. The third kappa shape index (κ3) is 3.93. The van der Waals surface area contributed by atoms with Gasteiger partial charge in [-0.25, -0.2) is 4.79 Å². The summed E-state index contributed by atoms with van der Waals surface area (Å²) in [5, 5.41) is 24.3. The molecule has 2 fully saturated rings. The maximum atomic E-state index is 12.4. The molecule has 7 heteroatoms. The third-order valence-electron chi connectivity index (χ3n) is 4.42. The van der Waals surface area contributed by atoms with Gasteiger partial charge in [0.1, 0.15) is 0 Å². The van der Waals surface area contributed by atoms with Crippen LogP contribution in [-0.2, 0) is 9.59 Å². The zero-order valence-corrected chi connectivity index (χ0v) is 12.4. The van der Waals surface area contributed by atoms with Crippen molar-refractivity contribution < 1.29 is 19.8 Å². The quantitative estimate of drug-likeness (QED) is 0.528. The van der Waals surface area contributed by atoms with Crippen LogP contribution in [0.2, 0.25) is 0 Å². The minimum atomic E-state index is -1.24. The van der Waals surface area contributed by atoms with Crippen molar-refractivity contribution in [3.05, 3.63) is 0 Å². The highest BCUT2D eigenvalue weighted by Crippen LogP contribution is 2.24. The van der Waals surface area contributed by atoms with Crippen LogP contribution in [0.15, 0.2) is 0 Å². The van der Waals surface area contributed by atoms with E-state index < -0.39 is 18.1 Å². The maximum absolute atomic E-state index is 12.4. The molecule has 0 radical (unpaired) electrons. The van der Waals surface area contributed by atoms with E-state index in [1.54, 1.807) is 0 Å². The number of piperidine rings is 1. The number of carboxylic acid groups (broad SMARTS) is 1. The summed E-state index contributed by atoms with van der Waals surface area (Å²) in [7, 11) is 0. The lowest BCUT2D eigenvalue weighted by atomic mass is 10.0. The number of nitrogens with zero attached hydrogens (tertiary/aromatic N) is 1. The lowest BCUT2D eigenvalue weighted by Gasteiger charge is -2.35. The Morgan fingerprint density at radius 2 is 1.95 bits per heavy atom. The Hall–Kier alpha value is -1.18. The van der Waals surface area contributed by atoms with Gasteiger partial charge >= 0.3 is 5.97 Å². The average Bonchev–Trinajstić information content (AvgIpc) is 2.94. The molecule has 1 unspecified atom stereocenters. The minimum Gasteiger partial charge on any atom is -0.480 e. The van der Waals surface area contributed by atoms with Gasteiger partial charge < -0.3 is 20.8 Å². The highest BCUT2D eigenvalue weighted by molar-refractivity contribution is 5.87. The fourth-order valence-corrected chi connectivity index (χ4v) is 3.28. The second kappa shape index (κ2) is 7.20. The molecule has 0 saturated carbocycles. The van der Waals surface area contributed by atoms with E-state index in [9.17, 15) is 14.7 Å². The second-order valence-corrected chi connectivity index (χ2v) is 5.94. The van der Waals surface area contributed by atoms with Crippen molar-refractivity contribution in [3.8, 4) is 0 Å². The number of carbonyl (C=O) groups excluding carboxylic acids is 1. The standard InChI is InChI=1S/C14H25N3O4/c1-9(18)12(14(20)21)16-13(19)11-3-2-8-17(11)10-4-6-15-7-5-10/h9-12,15,18H,2-8H2,1H3,(H,16,19)(H,20,21)/t9-,11?,12+/m1/s1. The predicted molar refractivity (Wildman–Crippen MR) is 76.9 cm³/mol. The van der Waals surface area contributed by atoms with Gasteiger partial charge in [0, 0.05) is 6.04 Å². The van der Waals surface area contributed by atoms with E-state index >= 15 is 0 Å². The predicted octanol–water partition coefficient (Wildman–Crippen LogP) is -0.847. The van der Waals surface area contributed by atoms with Crippen LogP contribution < -0.4 is 10.6 Å². The molecule has 21 heavy (non-hydrogen) atoms. The van der Waals surface area contributed by atoms with Crippen LogP contribution in [0, 0.1) is 0 Å². The molecule has 0 aromatic rings. The molecule has 2 saturated heterocycles. The Bertz CT molecular complexity index is 382. The number of likely N-dealkylation sites (tertiary alicyclic amines) is 1. The summed E-state index contributed by atoms with van der Waals surface area (Å²) in [6, 6.07) is -1.12. The molecule has 4 N–H and O–H groups in total. The van der Waals surface area contributed by atoms with Gasteiger partial charge in [-0.15, -0.1) is 0 Å². The molecule has 0 aliphatic carbocycles. The van der Waals surface area contributed by atoms with Crippen LogP contribution in [0.3, 0.4) is 0 Å². The van der Waals surface area contributed by atoms with Crippen molar-refractivity contribution >= 4 is 11.9 Å². The van der Waals surface area contributed by atoms with E-state index in [2.05, 4.69) is 15.5 Å². The molecular weight excluding hydrogens is 274 g/mol. The summed E-state index contributed by atoms with van der Waals surface area (Å²) < 4.78 is 0. The molecule has 2 heterocycles. The van der Waals surface area contributed by atoms with Gasteiger partial charge in [0.15, 0.2) is 6.04 Å². The average molecular weight is 299 g/mol. The molecular formula is C14H25N3O4. The summed E-state index contributed by atoms with van der Waals surface area (Å²) in [4.78, 5) is 25.7. The number of hydrogen-bond donors (Lipinski definition) is 4. The van der Waals surface area contributed by atoms with E-state index in [0.29, 0.717) is 6.04 Å². The Morgan fingerprint density at radius 1 is 1.29 bits per heavy atom. The van der Waals surface area contributed by atoms with Gasteiger partial charge in [0.05, 0.1) is 12.1 Å². The summed E-state index contributed by atoms with van der Waals surface area (Å²) in [6.45, 7) is 4.18. The number of nitrogens with one attached hydrogen (secondary N) is 2. The van der Waals surface area contributed by atoms with Gasteiger partial charge in [0.25, 0.3) is 0 Å². The van der Waals surface area contributed by atoms with Crippen molar-refractivity contribution in [1.29, 1.82) is 0 Å². The van der Waals surface area contributed by atoms with Crippen molar-refractivity contribution in [2.75, 3.05) is 19.6 Å². The maximum Gasteiger partial charge on any atom is 0.328 e. The highest BCUT2D eigenvalue weighted by atomic mass is 16.4. The van der Waals surface area contributed by atoms with E-state index in [4.69, 9.17) is 5.11 Å². The molecule has 7 nitrogen and oxygen atoms in total. The Kier molecular flexibility index (Phi) is 5.55. The fourth-order valence-electron chi connectivity index (χ4n) is 3.28. The number of aliphatic carboxylic acids is 1. The Balaban J connectivity index is 1.98. The molecule has 0 bridgehead atoms. The zero-order chi connectivity index (χ0) is 15.4. The summed E-state index contributed by atoms with van der Waals surface area (Å²) in [5.41, 5.74) is 0. The van der Waals surface area contributed by atoms with Gasteiger partial charge in [-0.3, -0.25) is 9.69 Å². The summed E-state index contributed by atoms with van der Waals surface area (Å²) in [6.07, 6.45) is 2.63. The first-order chi connectivity index (χ1) is 10.0. The molecule has 2 aliphatic rings. The first-order valence-electron chi connectivity index (χ1n) is 7.68. The molecule has 2 rings (SSSR count). The van der Waals surface area contributed by atoms with Crippen LogP contribution in [-0.4, -0.2) is 70.9 Å². The molecule has 0 aromatic heterocycles. The van der Waals surface area contributed by atoms with Crippen LogP contribution in [0.4, 0.5) is 0 Å². The molecule has 3 atom stereocenters. The SMILES string of the molecule is C[C@@H](O)[C@H](NC(=O)C1CCCN1C1CCNCC1)C(=O)O. The summed E-state index contributed by atoms with van der Waals surface area (Å²) in [5.74, 6) is -1.48. The first-order valence-corrected chi connectivity index (χ1v) is 7.68. The van der Waals surface area contributed by atoms with Crippen molar-refractivity contribution in [2.24, 2.45) is 0 Å². The minimum absolute atomic E-state index is 0.270. The topological polar surface area (TPSA) is 102 Å². The molecule has 0 spiro atoms. The van der Waals surface area contributed by atoms with Crippen LogP contribution in [0.5, 0.6) is 0 Å². The first kappa shape index (κ1) is 16.2. The number of rotatable bonds is 5. The van der Waals surface area contributed by atoms with Crippen molar-refractivity contribution in [3.63, 3.8) is 0 Å². The number of amides is 1. The highest BCUT2D eigenvalue weighted by Gasteiger charge is 2.37. The smallest absolute Gasteiger partial charge is 0.328 e. The Morgan fingerprint density at radius 3 is 2.52 bits per heavy atom. The van der Waals surface area contributed by atoms with E-state index in [1.807, 2.05) is 0 Å². The van der Waals surface area contributed by atoms with E-state index in [-0.39, 0.29) is 11.9 Å². The largest absolute Gasteiger partial charge is 0.480 e. The van der Waals surface area contributed by atoms with E-state index in [1.165, 1.54) is 6.92 Å². The summed E-state index contributed by atoms with van der Waals surface area (Å²) >= 11 is 0. The number of aliphatic hydroxyl groups excluding tert-OH is 1. The van der Waals surface area contributed by atoms with Gasteiger partial charge in [-0.05, 0) is 52.2 Å². The van der Waals surface area contributed by atoms with Crippen molar-refractivity contribution in [2.45, 2.75) is 56.8 Å².